The second-order valence-electron chi connectivity index (χ2n) is 11.0. The lowest BCUT2D eigenvalue weighted by molar-refractivity contribution is -0.124. The van der Waals surface area contributed by atoms with Crippen molar-refractivity contribution in [1.82, 2.24) is 5.32 Å². The van der Waals surface area contributed by atoms with Gasteiger partial charge in [0.15, 0.2) is 0 Å². The number of hydrogen-bond donors (Lipinski definition) is 3. The van der Waals surface area contributed by atoms with Crippen molar-refractivity contribution in [3.8, 4) is 0 Å². The molecule has 2 aromatic carbocycles. The maximum absolute atomic E-state index is 14.0. The Morgan fingerprint density at radius 3 is 2.38 bits per heavy atom. The molecule has 0 bridgehead atoms. The van der Waals surface area contributed by atoms with Crippen LogP contribution in [0.1, 0.15) is 91.7 Å². The summed E-state index contributed by atoms with van der Waals surface area (Å²) in [5.74, 6) is -0.367. The first-order valence-electron chi connectivity index (χ1n) is 13.8. The van der Waals surface area contributed by atoms with Crippen LogP contribution in [0, 0.1) is 12.8 Å². The molecule has 1 aliphatic heterocycles. The van der Waals surface area contributed by atoms with E-state index in [9.17, 15) is 14.4 Å². The van der Waals surface area contributed by atoms with Crippen molar-refractivity contribution in [1.29, 1.82) is 0 Å². The molecule has 5 rings (SSSR count). The Morgan fingerprint density at radius 1 is 0.946 bits per heavy atom. The largest absolute Gasteiger partial charge is 0.348 e. The SMILES string of the molecule is Cc1ccc(C2CC(=O)Nc3cc(C(=O)NC4CCCCC4N)ccc3N2C(=O)C2CCCCC2)cc1. The summed E-state index contributed by atoms with van der Waals surface area (Å²) < 4.78 is 0. The Labute approximate surface area is 219 Å². The smallest absolute Gasteiger partial charge is 0.251 e. The molecule has 4 N–H and O–H groups in total. The number of rotatable bonds is 4. The monoisotopic (exact) mass is 502 g/mol. The highest BCUT2D eigenvalue weighted by atomic mass is 16.2. The van der Waals surface area contributed by atoms with Crippen molar-refractivity contribution < 1.29 is 14.4 Å². The second kappa shape index (κ2) is 11.1. The van der Waals surface area contributed by atoms with E-state index in [0.717, 1.165) is 68.9 Å². The van der Waals surface area contributed by atoms with Crippen molar-refractivity contribution in [3.63, 3.8) is 0 Å². The molecular weight excluding hydrogens is 464 g/mol. The van der Waals surface area contributed by atoms with E-state index in [1.807, 2.05) is 42.2 Å². The Bertz CT molecular complexity index is 1160. The quantitative estimate of drug-likeness (QED) is 0.548. The minimum Gasteiger partial charge on any atom is -0.348 e. The van der Waals surface area contributed by atoms with Crippen LogP contribution in [-0.2, 0) is 9.59 Å². The number of anilines is 2. The third-order valence-electron chi connectivity index (χ3n) is 8.27. The van der Waals surface area contributed by atoms with Gasteiger partial charge in [0.1, 0.15) is 0 Å². The lowest BCUT2D eigenvalue weighted by Crippen LogP contribution is -2.49. The average Bonchev–Trinajstić information content (AvgIpc) is 3.05. The number of benzene rings is 2. The number of aryl methyl sites for hydroxylation is 1. The van der Waals surface area contributed by atoms with Gasteiger partial charge in [-0.2, -0.15) is 0 Å². The molecule has 7 nitrogen and oxygen atoms in total. The molecule has 37 heavy (non-hydrogen) atoms. The van der Waals surface area contributed by atoms with Crippen LogP contribution in [0.2, 0.25) is 0 Å². The maximum Gasteiger partial charge on any atom is 0.251 e. The summed E-state index contributed by atoms with van der Waals surface area (Å²) in [5.41, 5.74) is 9.91. The summed E-state index contributed by atoms with van der Waals surface area (Å²) in [6, 6.07) is 12.8. The molecular formula is C30H38N4O3. The van der Waals surface area contributed by atoms with Crippen molar-refractivity contribution in [3.05, 3.63) is 59.2 Å². The number of nitrogens with zero attached hydrogens (tertiary/aromatic N) is 1. The van der Waals surface area contributed by atoms with E-state index in [-0.39, 0.29) is 42.1 Å². The van der Waals surface area contributed by atoms with Gasteiger partial charge in [-0.15, -0.1) is 0 Å². The fourth-order valence-corrected chi connectivity index (χ4v) is 6.09. The molecule has 2 saturated carbocycles. The molecule has 0 aromatic heterocycles. The van der Waals surface area contributed by atoms with E-state index in [1.165, 1.54) is 0 Å². The van der Waals surface area contributed by atoms with Crippen LogP contribution >= 0.6 is 0 Å². The van der Waals surface area contributed by atoms with Gasteiger partial charge in [0.25, 0.3) is 5.91 Å². The topological polar surface area (TPSA) is 105 Å². The highest BCUT2D eigenvalue weighted by Gasteiger charge is 2.37. The normalized spacial score (nSPS) is 24.5. The zero-order valence-corrected chi connectivity index (χ0v) is 21.7. The highest BCUT2D eigenvalue weighted by molar-refractivity contribution is 6.07. The predicted octanol–water partition coefficient (Wildman–Crippen LogP) is 4.99. The van der Waals surface area contributed by atoms with Gasteiger partial charge in [0.05, 0.1) is 23.8 Å². The summed E-state index contributed by atoms with van der Waals surface area (Å²) in [6.07, 6.45) is 9.07. The number of nitrogens with two attached hydrogens (primary N) is 1. The number of hydrogen-bond acceptors (Lipinski definition) is 4. The van der Waals surface area contributed by atoms with Gasteiger partial charge in [0.2, 0.25) is 11.8 Å². The number of carbonyl (C=O) groups is 3. The predicted molar refractivity (Wildman–Crippen MR) is 145 cm³/mol. The maximum atomic E-state index is 14.0. The highest BCUT2D eigenvalue weighted by Crippen LogP contribution is 2.41. The van der Waals surface area contributed by atoms with Crippen LogP contribution in [0.15, 0.2) is 42.5 Å². The minimum absolute atomic E-state index is 0.0443. The average molecular weight is 503 g/mol. The first-order chi connectivity index (χ1) is 17.9. The van der Waals surface area contributed by atoms with E-state index in [1.54, 1.807) is 12.1 Å². The molecule has 0 radical (unpaired) electrons. The third kappa shape index (κ3) is 5.57. The molecule has 0 saturated heterocycles. The standard InChI is InChI=1S/C30H38N4O3/c1-19-11-13-20(14-12-19)27-18-28(35)32-25-17-22(29(36)33-24-10-6-5-9-23(24)31)15-16-26(25)34(27)30(37)21-7-3-2-4-8-21/h11-17,21,23-24,27H,2-10,18,31H2,1H3,(H,32,35)(H,33,36). The molecule has 3 unspecified atom stereocenters. The fourth-order valence-electron chi connectivity index (χ4n) is 6.09. The van der Waals surface area contributed by atoms with Crippen LogP contribution < -0.4 is 21.3 Å². The molecule has 7 heteroatoms. The van der Waals surface area contributed by atoms with Crippen LogP contribution in [0.4, 0.5) is 11.4 Å². The first-order valence-corrected chi connectivity index (χ1v) is 13.8. The van der Waals surface area contributed by atoms with Gasteiger partial charge in [-0.3, -0.25) is 14.4 Å². The number of nitrogens with one attached hydrogen (secondary N) is 2. The van der Waals surface area contributed by atoms with Crippen LogP contribution in [0.25, 0.3) is 0 Å². The van der Waals surface area contributed by atoms with Gasteiger partial charge in [-0.1, -0.05) is 61.9 Å². The third-order valence-corrected chi connectivity index (χ3v) is 8.27. The van der Waals surface area contributed by atoms with Crippen molar-refractivity contribution >= 4 is 29.1 Å². The van der Waals surface area contributed by atoms with Gasteiger partial charge in [-0.05, 0) is 56.4 Å². The Balaban J connectivity index is 1.50. The summed E-state index contributed by atoms with van der Waals surface area (Å²) >= 11 is 0. The molecule has 196 valence electrons. The van der Waals surface area contributed by atoms with Crippen molar-refractivity contribution in [2.24, 2.45) is 11.7 Å². The minimum atomic E-state index is -0.406. The Kier molecular flexibility index (Phi) is 7.60. The summed E-state index contributed by atoms with van der Waals surface area (Å²) in [5, 5.41) is 6.08. The molecule has 3 aliphatic rings. The van der Waals surface area contributed by atoms with E-state index >= 15 is 0 Å². The van der Waals surface area contributed by atoms with E-state index in [0.29, 0.717) is 16.9 Å². The fraction of sp³-hybridized carbons (Fsp3) is 0.500. The van der Waals surface area contributed by atoms with E-state index in [2.05, 4.69) is 10.6 Å². The van der Waals surface area contributed by atoms with Crippen LogP contribution in [0.3, 0.4) is 0 Å². The van der Waals surface area contributed by atoms with Crippen LogP contribution in [-0.4, -0.2) is 29.8 Å². The van der Waals surface area contributed by atoms with Gasteiger partial charge < -0.3 is 21.3 Å². The lowest BCUT2D eigenvalue weighted by Gasteiger charge is -2.35. The number of carbonyl (C=O) groups excluding carboxylic acids is 3. The molecule has 3 amide bonds. The second-order valence-corrected chi connectivity index (χ2v) is 11.0. The molecule has 2 aromatic rings. The molecule has 1 heterocycles. The van der Waals surface area contributed by atoms with E-state index < -0.39 is 6.04 Å². The molecule has 0 spiro atoms. The summed E-state index contributed by atoms with van der Waals surface area (Å²) in [4.78, 5) is 42.1. The Morgan fingerprint density at radius 2 is 1.65 bits per heavy atom. The molecule has 2 fully saturated rings. The first kappa shape index (κ1) is 25.5. The summed E-state index contributed by atoms with van der Waals surface area (Å²) in [6.45, 7) is 2.02. The van der Waals surface area contributed by atoms with Crippen molar-refractivity contribution in [2.75, 3.05) is 10.2 Å². The molecule has 3 atom stereocenters. The number of amides is 3. The van der Waals surface area contributed by atoms with Gasteiger partial charge in [-0.25, -0.2) is 0 Å². The summed E-state index contributed by atoms with van der Waals surface area (Å²) in [7, 11) is 0. The number of fused-ring (bicyclic) bond motifs is 1. The van der Waals surface area contributed by atoms with E-state index in [4.69, 9.17) is 5.73 Å². The zero-order valence-electron chi connectivity index (χ0n) is 21.7. The van der Waals surface area contributed by atoms with Gasteiger partial charge >= 0.3 is 0 Å². The lowest BCUT2D eigenvalue weighted by atomic mass is 9.87. The molecule has 2 aliphatic carbocycles. The van der Waals surface area contributed by atoms with Gasteiger partial charge in [0, 0.05) is 23.6 Å². The van der Waals surface area contributed by atoms with Crippen molar-refractivity contribution in [2.45, 2.75) is 89.3 Å². The zero-order chi connectivity index (χ0) is 25.9. The Hall–Kier alpha value is -3.19. The van der Waals surface area contributed by atoms with Crippen LogP contribution in [0.5, 0.6) is 0 Å².